The van der Waals surface area contributed by atoms with E-state index in [0.29, 0.717) is 5.57 Å². The van der Waals surface area contributed by atoms with Gasteiger partial charge >= 0.3 is 0 Å². The molecule has 33 heavy (non-hydrogen) atoms. The molecular weight excluding hydrogens is 418 g/mol. The average Bonchev–Trinajstić information content (AvgIpc) is 3.14. The molecule has 0 saturated heterocycles. The van der Waals surface area contributed by atoms with Gasteiger partial charge in [0.1, 0.15) is 12.8 Å². The predicted octanol–water partition coefficient (Wildman–Crippen LogP) is 4.88. The van der Waals surface area contributed by atoms with Gasteiger partial charge < -0.3 is 9.67 Å². The van der Waals surface area contributed by atoms with Crippen LogP contribution < -0.4 is 0 Å². The number of carbonyl (C=O) groups excluding carboxylic acids is 1. The molecule has 0 unspecified atom stereocenters. The number of aliphatic hydroxyl groups is 1. The third kappa shape index (κ3) is 2.68. The van der Waals surface area contributed by atoms with Crippen molar-refractivity contribution in [2.24, 2.45) is 7.05 Å². The minimum absolute atomic E-state index is 0.0157. The minimum atomic E-state index is -0.575. The summed E-state index contributed by atoms with van der Waals surface area (Å²) in [6, 6.07) is 12.6. The van der Waals surface area contributed by atoms with Gasteiger partial charge in [-0.3, -0.25) is 14.9 Å². The molecule has 166 valence electrons. The number of nitro benzene ring substituents is 1. The molecule has 0 amide bonds. The molecule has 1 aromatic heterocycles. The van der Waals surface area contributed by atoms with Crippen LogP contribution in [0.3, 0.4) is 0 Å². The van der Waals surface area contributed by atoms with E-state index in [4.69, 9.17) is 0 Å². The summed E-state index contributed by atoms with van der Waals surface area (Å²) in [5, 5.41) is 23.2. The number of allylic oxidation sites excluding steroid dienone is 3. The first-order valence-electron chi connectivity index (χ1n) is 10.7. The standard InChI is InChI=1S/C26H23N3O4/c1-14-22(16-8-6-7-9-19(16)27(14)4)23-24(30)17(25(23)31)13-21-26(2,3)18-12-15(29(32)33)10-11-20(18)28(21)5/h6-13H,1-5H3/p+1. The van der Waals surface area contributed by atoms with Crippen LogP contribution in [-0.2, 0) is 17.3 Å². The van der Waals surface area contributed by atoms with Gasteiger partial charge in [-0.15, -0.1) is 0 Å². The second kappa shape index (κ2) is 6.75. The lowest BCUT2D eigenvalue weighted by atomic mass is 9.77. The number of ketones is 1. The summed E-state index contributed by atoms with van der Waals surface area (Å²) in [4.78, 5) is 24.2. The average molecular weight is 442 g/mol. The Balaban J connectivity index is 1.63. The zero-order chi connectivity index (χ0) is 23.8. The maximum Gasteiger partial charge on any atom is 0.270 e. The Morgan fingerprint density at radius 3 is 2.55 bits per heavy atom. The Morgan fingerprint density at radius 1 is 1.18 bits per heavy atom. The number of Topliss-reactive ketones (excluding diaryl/α,β-unsaturated/α-hetero) is 1. The molecule has 7 heteroatoms. The number of para-hydroxylation sites is 1. The number of benzene rings is 2. The molecule has 2 aliphatic rings. The van der Waals surface area contributed by atoms with Gasteiger partial charge in [0.25, 0.3) is 5.69 Å². The lowest BCUT2D eigenvalue weighted by Gasteiger charge is -2.23. The quantitative estimate of drug-likeness (QED) is 0.271. The molecule has 0 saturated carbocycles. The smallest absolute Gasteiger partial charge is 0.270 e. The van der Waals surface area contributed by atoms with Crippen LogP contribution in [0.15, 0.2) is 59.9 Å². The van der Waals surface area contributed by atoms with Gasteiger partial charge in [0, 0.05) is 59.0 Å². The SMILES string of the molecule is Cc1c(C2=C(O)C(=CC3=[N+](C)c4ccc([N+](=O)[O-])cc4C3(C)C)C2=O)c2ccccc2n1C. The van der Waals surface area contributed by atoms with E-state index in [0.717, 1.165) is 39.1 Å². The van der Waals surface area contributed by atoms with Crippen LogP contribution in [-0.4, -0.2) is 37.7 Å². The first kappa shape index (κ1) is 20.9. The van der Waals surface area contributed by atoms with Gasteiger partial charge in [0.05, 0.1) is 21.5 Å². The summed E-state index contributed by atoms with van der Waals surface area (Å²) in [5.41, 5.74) is 5.17. The lowest BCUT2D eigenvalue weighted by molar-refractivity contribution is -0.402. The van der Waals surface area contributed by atoms with Crippen molar-refractivity contribution in [3.8, 4) is 0 Å². The largest absolute Gasteiger partial charge is 0.506 e. The monoisotopic (exact) mass is 442 g/mol. The Labute approximate surface area is 190 Å². The highest BCUT2D eigenvalue weighted by molar-refractivity contribution is 6.41. The second-order valence-corrected chi connectivity index (χ2v) is 9.18. The van der Waals surface area contributed by atoms with Crippen molar-refractivity contribution < 1.29 is 19.4 Å². The van der Waals surface area contributed by atoms with Gasteiger partial charge in [-0.05, 0) is 26.8 Å². The maximum atomic E-state index is 13.3. The number of hydrogen-bond donors (Lipinski definition) is 1. The second-order valence-electron chi connectivity index (χ2n) is 9.18. The number of rotatable bonds is 3. The molecule has 0 fully saturated rings. The normalized spacial score (nSPS) is 18.3. The Kier molecular flexibility index (Phi) is 4.27. The number of nitro groups is 1. The third-order valence-corrected chi connectivity index (χ3v) is 7.12. The van der Waals surface area contributed by atoms with Crippen molar-refractivity contribution in [3.05, 3.63) is 86.8 Å². The maximum absolute atomic E-state index is 13.3. The summed E-state index contributed by atoms with van der Waals surface area (Å²) in [7, 11) is 3.81. The van der Waals surface area contributed by atoms with Crippen LogP contribution in [0.5, 0.6) is 0 Å². The van der Waals surface area contributed by atoms with Crippen molar-refractivity contribution in [1.29, 1.82) is 0 Å². The van der Waals surface area contributed by atoms with Crippen LogP contribution >= 0.6 is 0 Å². The van der Waals surface area contributed by atoms with Gasteiger partial charge in [0.15, 0.2) is 5.71 Å². The van der Waals surface area contributed by atoms with Crippen LogP contribution in [0.2, 0.25) is 0 Å². The van der Waals surface area contributed by atoms with Crippen LogP contribution in [0.1, 0.15) is 30.7 Å². The topological polar surface area (TPSA) is 88.4 Å². The summed E-state index contributed by atoms with van der Waals surface area (Å²) >= 11 is 0. The molecule has 0 spiro atoms. The van der Waals surface area contributed by atoms with Crippen molar-refractivity contribution in [3.63, 3.8) is 0 Å². The molecule has 0 radical (unpaired) electrons. The number of non-ortho nitro benzene ring substituents is 1. The van der Waals surface area contributed by atoms with E-state index in [2.05, 4.69) is 0 Å². The van der Waals surface area contributed by atoms with E-state index < -0.39 is 10.3 Å². The van der Waals surface area contributed by atoms with Gasteiger partial charge in [-0.25, -0.2) is 0 Å². The minimum Gasteiger partial charge on any atom is -0.506 e. The van der Waals surface area contributed by atoms with E-state index in [1.54, 1.807) is 18.2 Å². The number of aromatic nitrogens is 1. The number of nitrogens with zero attached hydrogens (tertiary/aromatic N) is 3. The summed E-state index contributed by atoms with van der Waals surface area (Å²) < 4.78 is 3.94. The van der Waals surface area contributed by atoms with Crippen LogP contribution in [0, 0.1) is 17.0 Å². The Morgan fingerprint density at radius 2 is 1.88 bits per heavy atom. The number of carbonyl (C=O) groups is 1. The van der Waals surface area contributed by atoms with Crippen LogP contribution in [0.4, 0.5) is 11.4 Å². The lowest BCUT2D eigenvalue weighted by Crippen LogP contribution is -2.30. The highest BCUT2D eigenvalue weighted by atomic mass is 16.6. The number of aryl methyl sites for hydroxylation is 1. The molecule has 3 aromatic rings. The third-order valence-electron chi connectivity index (χ3n) is 7.12. The molecule has 7 nitrogen and oxygen atoms in total. The molecule has 1 N–H and O–H groups in total. The fourth-order valence-electron chi connectivity index (χ4n) is 5.16. The van der Waals surface area contributed by atoms with Gasteiger partial charge in [-0.2, -0.15) is 4.58 Å². The van der Waals surface area contributed by atoms with Crippen LogP contribution in [0.25, 0.3) is 16.5 Å². The Hall–Kier alpha value is -4.00. The molecule has 1 aliphatic carbocycles. The van der Waals surface area contributed by atoms with Crippen molar-refractivity contribution in [2.45, 2.75) is 26.2 Å². The molecule has 2 heterocycles. The summed E-state index contributed by atoms with van der Waals surface area (Å²) in [5.74, 6) is -0.219. The summed E-state index contributed by atoms with van der Waals surface area (Å²) in [6.07, 6.45) is 1.72. The number of fused-ring (bicyclic) bond motifs is 2. The van der Waals surface area contributed by atoms with E-state index in [-0.39, 0.29) is 22.8 Å². The highest BCUT2D eigenvalue weighted by Gasteiger charge is 2.46. The number of aliphatic hydroxyl groups excluding tert-OH is 1. The molecular formula is C26H24N3O4+. The highest BCUT2D eigenvalue weighted by Crippen LogP contribution is 2.45. The van der Waals surface area contributed by atoms with E-state index >= 15 is 0 Å². The van der Waals surface area contributed by atoms with Crippen molar-refractivity contribution in [2.75, 3.05) is 7.05 Å². The van der Waals surface area contributed by atoms with Crippen molar-refractivity contribution >= 4 is 39.3 Å². The van der Waals surface area contributed by atoms with Gasteiger partial charge in [0.2, 0.25) is 11.5 Å². The molecule has 1 aliphatic heterocycles. The molecule has 2 aromatic carbocycles. The van der Waals surface area contributed by atoms with Gasteiger partial charge in [-0.1, -0.05) is 18.2 Å². The van der Waals surface area contributed by atoms with E-state index in [1.165, 1.54) is 6.07 Å². The zero-order valence-corrected chi connectivity index (χ0v) is 19.1. The molecule has 5 rings (SSSR count). The van der Waals surface area contributed by atoms with Crippen molar-refractivity contribution in [1.82, 2.24) is 4.57 Å². The first-order valence-corrected chi connectivity index (χ1v) is 10.7. The molecule has 0 bridgehead atoms. The zero-order valence-electron chi connectivity index (χ0n) is 19.1. The summed E-state index contributed by atoms with van der Waals surface area (Å²) in [6.45, 7) is 5.87. The van der Waals surface area contributed by atoms with E-state index in [9.17, 15) is 20.0 Å². The Bertz CT molecular complexity index is 1520. The number of hydrogen-bond acceptors (Lipinski definition) is 4. The van der Waals surface area contributed by atoms with E-state index in [1.807, 2.05) is 68.3 Å². The fraction of sp³-hybridized carbons (Fsp3) is 0.231. The molecule has 0 atom stereocenters. The first-order chi connectivity index (χ1) is 15.6. The predicted molar refractivity (Wildman–Crippen MR) is 127 cm³/mol. The fourth-order valence-corrected chi connectivity index (χ4v) is 5.16.